The average Bonchev–Trinajstić information content (AvgIpc) is 2.34. The molecule has 0 fully saturated rings. The van der Waals surface area contributed by atoms with Crippen LogP contribution in [0.4, 0.5) is 13.2 Å². The van der Waals surface area contributed by atoms with Gasteiger partial charge in [0.2, 0.25) is 10.0 Å². The summed E-state index contributed by atoms with van der Waals surface area (Å²) < 4.78 is 63.8. The molecule has 0 aliphatic heterocycles. The molecule has 1 rings (SSSR count). The Labute approximate surface area is 115 Å². The van der Waals surface area contributed by atoms with Gasteiger partial charge in [-0.1, -0.05) is 19.1 Å². The molecular formula is C11H13ClF3NO2S. The van der Waals surface area contributed by atoms with Crippen LogP contribution in [0.2, 0.25) is 0 Å². The van der Waals surface area contributed by atoms with Crippen molar-refractivity contribution in [2.24, 2.45) is 0 Å². The SMILES string of the molecule is CCN(CCCl)S(=O)(=O)c1ccccc1C(F)(F)F. The summed E-state index contributed by atoms with van der Waals surface area (Å²) in [6.45, 7) is 1.56. The lowest BCUT2D eigenvalue weighted by atomic mass is 10.2. The summed E-state index contributed by atoms with van der Waals surface area (Å²) in [4.78, 5) is -0.741. The second-order valence-corrected chi connectivity index (χ2v) is 5.96. The summed E-state index contributed by atoms with van der Waals surface area (Å²) in [7, 11) is -4.20. The highest BCUT2D eigenvalue weighted by molar-refractivity contribution is 7.89. The van der Waals surface area contributed by atoms with E-state index >= 15 is 0 Å². The predicted molar refractivity (Wildman–Crippen MR) is 66.6 cm³/mol. The summed E-state index contributed by atoms with van der Waals surface area (Å²) in [5, 5.41) is 0. The third-order valence-electron chi connectivity index (χ3n) is 2.50. The summed E-state index contributed by atoms with van der Waals surface area (Å²) in [6, 6.07) is 4.12. The molecule has 8 heteroatoms. The number of halogens is 4. The van der Waals surface area contributed by atoms with Crippen molar-refractivity contribution in [1.29, 1.82) is 0 Å². The average molecular weight is 316 g/mol. The predicted octanol–water partition coefficient (Wildman–Crippen LogP) is 2.95. The highest BCUT2D eigenvalue weighted by Gasteiger charge is 2.38. The minimum atomic E-state index is -4.72. The third kappa shape index (κ3) is 3.61. The fraction of sp³-hybridized carbons (Fsp3) is 0.455. The van der Waals surface area contributed by atoms with Crippen LogP contribution >= 0.6 is 11.6 Å². The monoisotopic (exact) mass is 315 g/mol. The first-order valence-electron chi connectivity index (χ1n) is 5.47. The zero-order valence-corrected chi connectivity index (χ0v) is 11.7. The van der Waals surface area contributed by atoms with Crippen LogP contribution in [0.5, 0.6) is 0 Å². The minimum Gasteiger partial charge on any atom is -0.207 e. The van der Waals surface area contributed by atoms with Crippen molar-refractivity contribution < 1.29 is 21.6 Å². The van der Waals surface area contributed by atoms with E-state index in [1.54, 1.807) is 6.92 Å². The van der Waals surface area contributed by atoms with Crippen LogP contribution in [0.1, 0.15) is 12.5 Å². The van der Waals surface area contributed by atoms with Crippen LogP contribution < -0.4 is 0 Å². The number of hydrogen-bond donors (Lipinski definition) is 0. The first kappa shape index (κ1) is 16.3. The maximum Gasteiger partial charge on any atom is 0.417 e. The molecule has 0 heterocycles. The van der Waals surface area contributed by atoms with E-state index in [-0.39, 0.29) is 19.0 Å². The van der Waals surface area contributed by atoms with Crippen molar-refractivity contribution in [3.05, 3.63) is 29.8 Å². The fourth-order valence-corrected chi connectivity index (χ4v) is 3.57. The molecule has 0 bridgehead atoms. The molecule has 0 saturated carbocycles. The van der Waals surface area contributed by atoms with Gasteiger partial charge >= 0.3 is 6.18 Å². The van der Waals surface area contributed by atoms with E-state index in [4.69, 9.17) is 11.6 Å². The van der Waals surface area contributed by atoms with Gasteiger partial charge in [0.15, 0.2) is 0 Å². The Balaban J connectivity index is 3.37. The van der Waals surface area contributed by atoms with Crippen molar-refractivity contribution in [3.63, 3.8) is 0 Å². The normalized spacial score (nSPS) is 12.9. The van der Waals surface area contributed by atoms with Gasteiger partial charge in [-0.15, -0.1) is 11.6 Å². The maximum atomic E-state index is 12.8. The van der Waals surface area contributed by atoms with Gasteiger partial charge in [-0.2, -0.15) is 17.5 Å². The van der Waals surface area contributed by atoms with Gasteiger partial charge in [0.05, 0.1) is 10.5 Å². The molecule has 0 unspecified atom stereocenters. The number of alkyl halides is 4. The van der Waals surface area contributed by atoms with Crippen LogP contribution in [0.25, 0.3) is 0 Å². The van der Waals surface area contributed by atoms with Gasteiger partial charge < -0.3 is 0 Å². The highest BCUT2D eigenvalue weighted by Crippen LogP contribution is 2.35. The van der Waals surface area contributed by atoms with E-state index in [9.17, 15) is 21.6 Å². The highest BCUT2D eigenvalue weighted by atomic mass is 35.5. The number of rotatable bonds is 5. The van der Waals surface area contributed by atoms with Crippen LogP contribution in [0, 0.1) is 0 Å². The van der Waals surface area contributed by atoms with Crippen LogP contribution in [-0.4, -0.2) is 31.7 Å². The second-order valence-electron chi connectivity index (χ2n) is 3.68. The molecule has 0 spiro atoms. The molecule has 0 radical (unpaired) electrons. The lowest BCUT2D eigenvalue weighted by Crippen LogP contribution is -2.33. The van der Waals surface area contributed by atoms with Crippen molar-refractivity contribution in [3.8, 4) is 0 Å². The Morgan fingerprint density at radius 3 is 2.32 bits per heavy atom. The zero-order chi connectivity index (χ0) is 14.7. The van der Waals surface area contributed by atoms with Crippen LogP contribution in [-0.2, 0) is 16.2 Å². The van der Waals surface area contributed by atoms with Gasteiger partial charge in [0.1, 0.15) is 0 Å². The van der Waals surface area contributed by atoms with E-state index < -0.39 is 26.7 Å². The summed E-state index contributed by atoms with van der Waals surface area (Å²) in [5.74, 6) is 0.0151. The first-order chi connectivity index (χ1) is 8.75. The van der Waals surface area contributed by atoms with Gasteiger partial charge in [-0.05, 0) is 12.1 Å². The molecule has 0 N–H and O–H groups in total. The fourth-order valence-electron chi connectivity index (χ4n) is 1.61. The lowest BCUT2D eigenvalue weighted by Gasteiger charge is -2.21. The van der Waals surface area contributed by atoms with Gasteiger partial charge in [-0.3, -0.25) is 0 Å². The molecule has 0 atom stereocenters. The van der Waals surface area contributed by atoms with Gasteiger partial charge in [-0.25, -0.2) is 8.42 Å². The molecule has 0 aliphatic rings. The Morgan fingerprint density at radius 2 is 1.84 bits per heavy atom. The van der Waals surface area contributed by atoms with Crippen molar-refractivity contribution in [2.75, 3.05) is 19.0 Å². The van der Waals surface area contributed by atoms with Crippen LogP contribution in [0.3, 0.4) is 0 Å². The third-order valence-corrected chi connectivity index (χ3v) is 4.70. The Kier molecular flexibility index (Phi) is 5.23. The topological polar surface area (TPSA) is 37.4 Å². The van der Waals surface area contributed by atoms with Crippen molar-refractivity contribution in [2.45, 2.75) is 18.0 Å². The zero-order valence-electron chi connectivity index (χ0n) is 10.1. The van der Waals surface area contributed by atoms with E-state index in [0.717, 1.165) is 22.5 Å². The molecule has 19 heavy (non-hydrogen) atoms. The molecule has 1 aromatic rings. The van der Waals surface area contributed by atoms with Gasteiger partial charge in [0.25, 0.3) is 0 Å². The van der Waals surface area contributed by atoms with Crippen LogP contribution in [0.15, 0.2) is 29.2 Å². The molecule has 108 valence electrons. The lowest BCUT2D eigenvalue weighted by molar-refractivity contribution is -0.139. The molecule has 3 nitrogen and oxygen atoms in total. The number of nitrogens with zero attached hydrogens (tertiary/aromatic N) is 1. The number of sulfonamides is 1. The molecule has 1 aromatic carbocycles. The quantitative estimate of drug-likeness (QED) is 0.783. The largest absolute Gasteiger partial charge is 0.417 e. The Morgan fingerprint density at radius 1 is 1.26 bits per heavy atom. The van der Waals surface area contributed by atoms with E-state index in [0.29, 0.717) is 0 Å². The Bertz CT molecular complexity index is 531. The molecule has 0 amide bonds. The Hall–Kier alpha value is -0.790. The summed E-state index contributed by atoms with van der Waals surface area (Å²) in [5.41, 5.74) is -1.16. The minimum absolute atomic E-state index is 0.0151. The second kappa shape index (κ2) is 6.11. The standard InChI is InChI=1S/C11H13ClF3NO2S/c1-2-16(8-7-12)19(17,18)10-6-4-3-5-9(10)11(13,14)15/h3-6H,2,7-8H2,1H3. The molecule has 0 saturated heterocycles. The molecule has 0 aromatic heterocycles. The smallest absolute Gasteiger partial charge is 0.207 e. The molecular weight excluding hydrogens is 303 g/mol. The molecule has 0 aliphatic carbocycles. The van der Waals surface area contributed by atoms with Crippen molar-refractivity contribution >= 4 is 21.6 Å². The summed E-state index contributed by atoms with van der Waals surface area (Å²) >= 11 is 5.47. The summed E-state index contributed by atoms with van der Waals surface area (Å²) in [6.07, 6.45) is -4.72. The number of hydrogen-bond acceptors (Lipinski definition) is 2. The van der Waals surface area contributed by atoms with Gasteiger partial charge in [0, 0.05) is 19.0 Å². The van der Waals surface area contributed by atoms with Crippen molar-refractivity contribution in [1.82, 2.24) is 4.31 Å². The number of benzene rings is 1. The van der Waals surface area contributed by atoms with E-state index in [1.807, 2.05) is 0 Å². The van der Waals surface area contributed by atoms with E-state index in [2.05, 4.69) is 0 Å². The first-order valence-corrected chi connectivity index (χ1v) is 7.45. The van der Waals surface area contributed by atoms with E-state index in [1.165, 1.54) is 6.07 Å². The maximum absolute atomic E-state index is 12.8.